The lowest BCUT2D eigenvalue weighted by Gasteiger charge is -2.23. The van der Waals surface area contributed by atoms with Gasteiger partial charge in [-0.05, 0) is 38.3 Å². The van der Waals surface area contributed by atoms with Crippen LogP contribution in [0, 0.1) is 11.6 Å². The molecule has 1 N–H and O–H groups in total. The van der Waals surface area contributed by atoms with E-state index in [1.807, 2.05) is 0 Å². The Kier molecular flexibility index (Phi) is 5.64. The molecule has 2 unspecified atom stereocenters. The van der Waals surface area contributed by atoms with Gasteiger partial charge in [0.15, 0.2) is 0 Å². The third kappa shape index (κ3) is 5.06. The van der Waals surface area contributed by atoms with Crippen LogP contribution in [0.2, 0.25) is 0 Å². The second-order valence-corrected chi connectivity index (χ2v) is 5.11. The van der Waals surface area contributed by atoms with Gasteiger partial charge in [0.1, 0.15) is 17.7 Å². The molecule has 0 spiro atoms. The van der Waals surface area contributed by atoms with Crippen molar-refractivity contribution in [3.8, 4) is 0 Å². The van der Waals surface area contributed by atoms with Crippen LogP contribution >= 0.6 is 0 Å². The van der Waals surface area contributed by atoms with Gasteiger partial charge in [-0.15, -0.1) is 0 Å². The molecule has 0 aromatic heterocycles. The van der Waals surface area contributed by atoms with E-state index in [4.69, 9.17) is 9.47 Å². The number of ether oxygens (including phenoxy) is 2. The van der Waals surface area contributed by atoms with Gasteiger partial charge in [0.05, 0.1) is 12.7 Å². The van der Waals surface area contributed by atoms with Crippen LogP contribution in [-0.4, -0.2) is 31.3 Å². The topological polar surface area (TPSA) is 47.6 Å². The highest BCUT2D eigenvalue weighted by Gasteiger charge is 2.19. The minimum Gasteiger partial charge on any atom is -0.376 e. The molecule has 1 fully saturated rings. The highest BCUT2D eigenvalue weighted by molar-refractivity contribution is 5.93. The van der Waals surface area contributed by atoms with Crippen LogP contribution in [0.5, 0.6) is 0 Å². The average Bonchev–Trinajstić information content (AvgIpc) is 2.44. The number of anilines is 1. The first-order valence-electron chi connectivity index (χ1n) is 7.05. The SMILES string of the molecule is CC(OCC1CCCCO1)C(=O)Nc1cc(F)cc(F)c1. The van der Waals surface area contributed by atoms with Crippen LogP contribution in [0.15, 0.2) is 18.2 Å². The first-order valence-corrected chi connectivity index (χ1v) is 7.05. The summed E-state index contributed by atoms with van der Waals surface area (Å²) in [7, 11) is 0. The van der Waals surface area contributed by atoms with Gasteiger partial charge in [-0.2, -0.15) is 0 Å². The largest absolute Gasteiger partial charge is 0.376 e. The molecule has 1 aromatic carbocycles. The lowest BCUT2D eigenvalue weighted by atomic mass is 10.1. The van der Waals surface area contributed by atoms with E-state index in [1.165, 1.54) is 0 Å². The second-order valence-electron chi connectivity index (χ2n) is 5.11. The molecular weight excluding hydrogens is 280 g/mol. The van der Waals surface area contributed by atoms with Gasteiger partial charge >= 0.3 is 0 Å². The van der Waals surface area contributed by atoms with Crippen LogP contribution in [0.3, 0.4) is 0 Å². The molecule has 0 aliphatic carbocycles. The van der Waals surface area contributed by atoms with Gasteiger partial charge in [0, 0.05) is 18.4 Å². The van der Waals surface area contributed by atoms with Crippen molar-refractivity contribution < 1.29 is 23.0 Å². The zero-order valence-electron chi connectivity index (χ0n) is 11.9. The first kappa shape index (κ1) is 15.9. The fraction of sp³-hybridized carbons (Fsp3) is 0.533. The van der Waals surface area contributed by atoms with Crippen LogP contribution in [0.25, 0.3) is 0 Å². The number of nitrogens with one attached hydrogen (secondary N) is 1. The molecule has 4 nitrogen and oxygen atoms in total. The van der Waals surface area contributed by atoms with Crippen molar-refractivity contribution >= 4 is 11.6 Å². The van der Waals surface area contributed by atoms with Gasteiger partial charge in [0.2, 0.25) is 0 Å². The molecule has 0 bridgehead atoms. The first-order chi connectivity index (χ1) is 10.0. The molecular formula is C15H19F2NO3. The van der Waals surface area contributed by atoms with Crippen LogP contribution in [0.4, 0.5) is 14.5 Å². The number of amides is 1. The zero-order valence-corrected chi connectivity index (χ0v) is 11.9. The Balaban J connectivity index is 1.81. The maximum Gasteiger partial charge on any atom is 0.253 e. The average molecular weight is 299 g/mol. The number of rotatable bonds is 5. The molecule has 0 radical (unpaired) electrons. The standard InChI is InChI=1S/C15H19F2NO3/c1-10(21-9-14-4-2-3-5-20-14)15(19)18-13-7-11(16)6-12(17)8-13/h6-8,10,14H,2-5,9H2,1H3,(H,18,19). The molecule has 2 atom stereocenters. The number of halogens is 2. The van der Waals surface area contributed by atoms with Crippen molar-refractivity contribution in [1.29, 1.82) is 0 Å². The fourth-order valence-corrected chi connectivity index (χ4v) is 2.14. The molecule has 1 saturated heterocycles. The molecule has 1 amide bonds. The highest BCUT2D eigenvalue weighted by atomic mass is 19.1. The van der Waals surface area contributed by atoms with Crippen LogP contribution < -0.4 is 5.32 Å². The summed E-state index contributed by atoms with van der Waals surface area (Å²) in [5, 5.41) is 2.43. The molecule has 116 valence electrons. The Morgan fingerprint density at radius 2 is 2.10 bits per heavy atom. The molecule has 6 heteroatoms. The normalized spacial score (nSPS) is 20.0. The minimum absolute atomic E-state index is 0.0145. The lowest BCUT2D eigenvalue weighted by molar-refractivity contribution is -0.130. The van der Waals surface area contributed by atoms with E-state index in [0.29, 0.717) is 6.61 Å². The molecule has 1 heterocycles. The van der Waals surface area contributed by atoms with Crippen molar-refractivity contribution in [2.24, 2.45) is 0 Å². The number of carbonyl (C=O) groups is 1. The summed E-state index contributed by atoms with van der Waals surface area (Å²) in [6.45, 7) is 2.65. The Bertz CT molecular complexity index is 470. The molecule has 21 heavy (non-hydrogen) atoms. The van der Waals surface area contributed by atoms with Crippen molar-refractivity contribution in [2.45, 2.75) is 38.4 Å². The van der Waals surface area contributed by atoms with E-state index in [1.54, 1.807) is 6.92 Å². The number of carbonyl (C=O) groups excluding carboxylic acids is 1. The van der Waals surface area contributed by atoms with Crippen molar-refractivity contribution in [2.75, 3.05) is 18.5 Å². The monoisotopic (exact) mass is 299 g/mol. The van der Waals surface area contributed by atoms with Crippen LogP contribution in [0.1, 0.15) is 26.2 Å². The van der Waals surface area contributed by atoms with E-state index in [9.17, 15) is 13.6 Å². The number of hydrogen-bond donors (Lipinski definition) is 1. The molecule has 0 saturated carbocycles. The van der Waals surface area contributed by atoms with E-state index < -0.39 is 23.6 Å². The summed E-state index contributed by atoms with van der Waals surface area (Å²) in [6.07, 6.45) is 2.36. The summed E-state index contributed by atoms with van der Waals surface area (Å²) in [5.41, 5.74) is 0.0712. The van der Waals surface area contributed by atoms with E-state index >= 15 is 0 Å². The van der Waals surface area contributed by atoms with Gasteiger partial charge in [-0.25, -0.2) is 8.78 Å². The van der Waals surface area contributed by atoms with E-state index in [-0.39, 0.29) is 11.8 Å². The van der Waals surface area contributed by atoms with Crippen molar-refractivity contribution in [1.82, 2.24) is 0 Å². The Labute approximate surface area is 122 Å². The summed E-state index contributed by atoms with van der Waals surface area (Å²) in [5.74, 6) is -1.93. The summed E-state index contributed by atoms with van der Waals surface area (Å²) >= 11 is 0. The zero-order chi connectivity index (χ0) is 15.2. The smallest absolute Gasteiger partial charge is 0.253 e. The molecule has 2 rings (SSSR count). The van der Waals surface area contributed by atoms with Gasteiger partial charge in [-0.3, -0.25) is 4.79 Å². The van der Waals surface area contributed by atoms with Crippen molar-refractivity contribution in [3.63, 3.8) is 0 Å². The Hall–Kier alpha value is -1.53. The molecule has 1 aliphatic rings. The Morgan fingerprint density at radius 1 is 1.38 bits per heavy atom. The summed E-state index contributed by atoms with van der Waals surface area (Å²) in [4.78, 5) is 11.9. The summed E-state index contributed by atoms with van der Waals surface area (Å²) < 4.78 is 37.0. The maximum absolute atomic E-state index is 13.0. The maximum atomic E-state index is 13.0. The quantitative estimate of drug-likeness (QED) is 0.909. The third-order valence-electron chi connectivity index (χ3n) is 3.31. The van der Waals surface area contributed by atoms with Crippen LogP contribution in [-0.2, 0) is 14.3 Å². The Morgan fingerprint density at radius 3 is 2.71 bits per heavy atom. The molecule has 1 aliphatic heterocycles. The summed E-state index contributed by atoms with van der Waals surface area (Å²) in [6, 6.07) is 2.85. The lowest BCUT2D eigenvalue weighted by Crippen LogP contribution is -2.32. The third-order valence-corrected chi connectivity index (χ3v) is 3.31. The molecule has 1 aromatic rings. The van der Waals surface area contributed by atoms with E-state index in [2.05, 4.69) is 5.32 Å². The second kappa shape index (κ2) is 7.47. The fourth-order valence-electron chi connectivity index (χ4n) is 2.14. The minimum atomic E-state index is -0.741. The van der Waals surface area contributed by atoms with Gasteiger partial charge < -0.3 is 14.8 Å². The predicted molar refractivity (Wildman–Crippen MR) is 74.0 cm³/mol. The van der Waals surface area contributed by atoms with Gasteiger partial charge in [-0.1, -0.05) is 0 Å². The number of hydrogen-bond acceptors (Lipinski definition) is 3. The van der Waals surface area contributed by atoms with E-state index in [0.717, 1.165) is 44.1 Å². The predicted octanol–water partition coefficient (Wildman–Crippen LogP) is 2.88. The van der Waals surface area contributed by atoms with Gasteiger partial charge in [0.25, 0.3) is 5.91 Å². The number of benzene rings is 1. The van der Waals surface area contributed by atoms with Crippen molar-refractivity contribution in [3.05, 3.63) is 29.8 Å². The highest BCUT2D eigenvalue weighted by Crippen LogP contribution is 2.15.